The van der Waals surface area contributed by atoms with Gasteiger partial charge in [-0.25, -0.2) is 4.79 Å². The lowest BCUT2D eigenvalue weighted by Crippen LogP contribution is -2.82. The summed E-state index contributed by atoms with van der Waals surface area (Å²) in [5.41, 5.74) is -8.71. The van der Waals surface area contributed by atoms with Crippen molar-refractivity contribution in [2.75, 3.05) is 32.8 Å². The lowest BCUT2D eigenvalue weighted by Gasteiger charge is -2.67. The molecule has 1 aliphatic heterocycles. The van der Waals surface area contributed by atoms with E-state index in [0.29, 0.717) is 36.9 Å². The van der Waals surface area contributed by atoms with Gasteiger partial charge in [-0.15, -0.1) is 0 Å². The van der Waals surface area contributed by atoms with Crippen LogP contribution in [0.3, 0.4) is 0 Å². The molecule has 7 amide bonds. The lowest BCUT2D eigenvalue weighted by molar-refractivity contribution is -0.346. The molecule has 3 aliphatic carbocycles. The number of hydrogen-bond donors (Lipinski definition) is 11. The highest BCUT2D eigenvalue weighted by molar-refractivity contribution is 5.98. The molecule has 1 heterocycles. The van der Waals surface area contributed by atoms with Gasteiger partial charge in [-0.05, 0) is 112 Å². The van der Waals surface area contributed by atoms with E-state index in [9.17, 15) is 67.7 Å². The smallest absolute Gasteiger partial charge is 0.338 e. The minimum absolute atomic E-state index is 0.000637. The van der Waals surface area contributed by atoms with Gasteiger partial charge in [0.05, 0.1) is 73.4 Å². The average molecular weight is 1730 g/mol. The molecule has 680 valence electrons. The van der Waals surface area contributed by atoms with Crippen molar-refractivity contribution >= 4 is 82.6 Å². The van der Waals surface area contributed by atoms with Crippen LogP contribution in [0.1, 0.15) is 227 Å². The number of amides is 7. The van der Waals surface area contributed by atoms with Crippen LogP contribution in [0.4, 0.5) is 0 Å². The molecule has 4 aliphatic rings. The van der Waals surface area contributed by atoms with Crippen LogP contribution in [0, 0.1) is 44.8 Å². The van der Waals surface area contributed by atoms with E-state index in [1.54, 1.807) is 125 Å². The number of fused-ring (bicyclic) bond motifs is 5. The van der Waals surface area contributed by atoms with Gasteiger partial charge in [-0.1, -0.05) is 187 Å². The average Bonchev–Trinajstić information content (AvgIpc) is 0.667. The van der Waals surface area contributed by atoms with Crippen LogP contribution in [-0.2, 0) is 87.6 Å². The largest absolute Gasteiger partial charge is 0.457 e. The van der Waals surface area contributed by atoms with E-state index in [4.69, 9.17) is 33.9 Å². The summed E-state index contributed by atoms with van der Waals surface area (Å²) >= 11 is 0. The quantitative estimate of drug-likeness (QED) is 0.0115. The summed E-state index contributed by atoms with van der Waals surface area (Å²) in [5, 5.41) is 63.5. The summed E-state index contributed by atoms with van der Waals surface area (Å²) in [6, 6.07) is 28.9. The second kappa shape index (κ2) is 44.5. The monoisotopic (exact) mass is 1730 g/mol. The van der Waals surface area contributed by atoms with E-state index in [1.807, 2.05) is 62.3 Å². The number of esters is 4. The third kappa shape index (κ3) is 26.1. The number of carbonyl (C=O) groups is 14. The summed E-state index contributed by atoms with van der Waals surface area (Å²) in [5.74, 6) is -12.6. The second-order valence-electron chi connectivity index (χ2n) is 36.0. The summed E-state index contributed by atoms with van der Waals surface area (Å²) in [4.78, 5) is 192. The molecule has 0 aromatic heterocycles. The van der Waals surface area contributed by atoms with Gasteiger partial charge in [0.25, 0.3) is 5.91 Å². The zero-order valence-electron chi connectivity index (χ0n) is 75.2. The van der Waals surface area contributed by atoms with Crippen molar-refractivity contribution < 1.29 is 111 Å². The van der Waals surface area contributed by atoms with Crippen LogP contribution >= 0.6 is 0 Å². The molecule has 0 radical (unpaired) electrons. The predicted octanol–water partition coefficient (Wildman–Crippen LogP) is 8.07. The van der Waals surface area contributed by atoms with E-state index in [1.165, 1.54) is 52.0 Å². The number of nitrogens with one attached hydrogen (secondary N) is 7. The van der Waals surface area contributed by atoms with Crippen LogP contribution in [0.15, 0.2) is 132 Å². The van der Waals surface area contributed by atoms with Crippen molar-refractivity contribution in [1.29, 1.82) is 0 Å². The number of Topliss-reactive ketones (excluding diaryl/α,β-unsaturated/α-hetero) is 3. The van der Waals surface area contributed by atoms with Crippen LogP contribution in [-0.4, -0.2) is 202 Å². The topological polar surface area (TPSA) is 450 Å². The fourth-order valence-corrected chi connectivity index (χ4v) is 15.6. The standard InChI is InChI=1S/C73H89N5O18.C12H23NO3.C9H19NO2/c1-12-69(7,8)68(90)75-39-56(83)76-52(34-45-25-17-13-18-26-45)65(87)77-51(33-41(2)3)64(86)74-38-49(81)35-50(58(46-27-19-14-20-28-46)78-63(85)47-29-21-15-22-30-47)67(89)94-53-37-73(91)62(95-66(88)48-31-23-16-24-32-48)60-71(11,54(82)36-55-72(60,40-92-55)96-44(6)80)61(84)59(93-43(5)79)57(42(53)4)70(73,9)10;1-5-12(3,4)11(16)13-8-10(15)7-6-9(2)14;1-5-9(3,4)8(12)10-6-7(2)11/h13-32,41,50-55,58-60,62,82,91H,12,33-40H2,1-11H3,(H,74,86)(H,75,90)(H,76,83)(H,77,87)(H,78,85);9,14H,5-8H2,1-4H3,(H,13,16);7,11H,5-6H2,1-4H3,(H,10,12)/t50-,51+,52+,53+,54+,55-,58+,59-,60+,62+,71-,72+,73-;;/m1../s1. The zero-order chi connectivity index (χ0) is 92.8. The number of rotatable bonds is 37. The van der Waals surface area contributed by atoms with Gasteiger partial charge in [0.2, 0.25) is 35.4 Å². The molecule has 4 aromatic carbocycles. The molecule has 30 nitrogen and oxygen atoms in total. The van der Waals surface area contributed by atoms with E-state index in [2.05, 4.69) is 37.2 Å². The van der Waals surface area contributed by atoms with E-state index in [0.717, 1.165) is 26.7 Å². The Kier molecular flexibility index (Phi) is 36.7. The zero-order valence-corrected chi connectivity index (χ0v) is 75.2. The third-order valence-electron chi connectivity index (χ3n) is 24.6. The van der Waals surface area contributed by atoms with Gasteiger partial charge in [0, 0.05) is 79.7 Å². The maximum Gasteiger partial charge on any atom is 0.338 e. The van der Waals surface area contributed by atoms with Gasteiger partial charge in [0.15, 0.2) is 29.1 Å². The van der Waals surface area contributed by atoms with Crippen molar-refractivity contribution in [3.05, 3.63) is 155 Å². The molecule has 11 N–H and O–H groups in total. The SMILES string of the molecule is CCC(C)(C)C(=O)NCC(=O)CCC(C)O.CCC(C)(C)C(=O)NCC(=O)N[C@@H](Cc1ccccc1)C(=O)N[C@@H](CC(C)C)C(=O)NCC(=O)C[C@@H](C(=O)O[C@H]1C[C@@]2(O)[C@@H](OC(=O)c3ccccc3)[C@@H]3[C@]4(OC(C)=O)CO[C@@H]4C[C@H](O)[C@@]3(C)C(=O)[C@H](OC(C)=O)C(=C1C)C2(C)C)[C@@H](NC(=O)c1ccccc1)c1ccccc1.CCC(C)(C)C(=O)NCC(C)O. The summed E-state index contributed by atoms with van der Waals surface area (Å²) in [6.45, 7) is 30.6. The Morgan fingerprint density at radius 2 is 1.11 bits per heavy atom. The minimum Gasteiger partial charge on any atom is -0.457 e. The molecule has 15 atom stereocenters. The van der Waals surface area contributed by atoms with Crippen molar-refractivity contribution in [3.8, 4) is 0 Å². The van der Waals surface area contributed by atoms with E-state index in [-0.39, 0.29) is 89.5 Å². The first-order chi connectivity index (χ1) is 58.0. The van der Waals surface area contributed by atoms with Gasteiger partial charge >= 0.3 is 23.9 Å². The maximum absolute atomic E-state index is 16.0. The molecule has 2 bridgehead atoms. The Hall–Kier alpha value is -10.4. The van der Waals surface area contributed by atoms with Gasteiger partial charge in [-0.3, -0.25) is 62.3 Å². The Morgan fingerprint density at radius 3 is 1.61 bits per heavy atom. The normalized spacial score (nSPS) is 22.7. The number of ketones is 3. The Morgan fingerprint density at radius 1 is 0.597 bits per heavy atom. The number of ether oxygens (including phenoxy) is 5. The highest BCUT2D eigenvalue weighted by Crippen LogP contribution is 2.65. The number of aliphatic hydroxyl groups is 4. The first-order valence-electron chi connectivity index (χ1n) is 42.7. The minimum atomic E-state index is -2.54. The fourth-order valence-electron chi connectivity index (χ4n) is 15.6. The summed E-state index contributed by atoms with van der Waals surface area (Å²) in [6.07, 6.45) is -8.07. The maximum atomic E-state index is 16.0. The number of benzene rings is 4. The molecular formula is C94H131N7O23. The van der Waals surface area contributed by atoms with E-state index >= 15 is 9.59 Å². The Labute approximate surface area is 727 Å². The Balaban J connectivity index is 0.000000722. The summed E-state index contributed by atoms with van der Waals surface area (Å²) < 4.78 is 31.3. The van der Waals surface area contributed by atoms with Crippen LogP contribution < -0.4 is 37.2 Å². The van der Waals surface area contributed by atoms with Crippen molar-refractivity contribution in [1.82, 2.24) is 37.2 Å². The van der Waals surface area contributed by atoms with Crippen molar-refractivity contribution in [2.45, 2.75) is 268 Å². The molecule has 3 fully saturated rings. The third-order valence-corrected chi connectivity index (χ3v) is 24.6. The number of carbonyl (C=O) groups excluding carboxylic acids is 14. The van der Waals surface area contributed by atoms with E-state index < -0.39 is 191 Å². The van der Waals surface area contributed by atoms with Crippen LogP contribution in [0.25, 0.3) is 0 Å². The lowest BCUT2D eigenvalue weighted by atomic mass is 9.44. The highest BCUT2D eigenvalue weighted by atomic mass is 16.6. The molecule has 1 saturated heterocycles. The van der Waals surface area contributed by atoms with Gasteiger partial charge in [0.1, 0.15) is 36.0 Å². The molecule has 30 heteroatoms. The van der Waals surface area contributed by atoms with Crippen molar-refractivity contribution in [3.63, 3.8) is 0 Å². The Bertz CT molecular complexity index is 4440. The van der Waals surface area contributed by atoms with Crippen LogP contribution in [0.2, 0.25) is 0 Å². The molecule has 124 heavy (non-hydrogen) atoms. The molecule has 2 unspecified atom stereocenters. The predicted molar refractivity (Wildman–Crippen MR) is 460 cm³/mol. The van der Waals surface area contributed by atoms with Gasteiger partial charge in [-0.2, -0.15) is 0 Å². The van der Waals surface area contributed by atoms with Crippen molar-refractivity contribution in [2.24, 2.45) is 44.8 Å². The van der Waals surface area contributed by atoms with Crippen LogP contribution in [0.5, 0.6) is 0 Å². The molecular weight excluding hydrogens is 1600 g/mol. The molecule has 0 spiro atoms. The molecule has 8 rings (SSSR count). The fraction of sp³-hybridized carbons (Fsp3) is 0.574. The molecule has 2 saturated carbocycles. The first-order valence-corrected chi connectivity index (χ1v) is 42.7. The molecule has 4 aromatic rings. The second-order valence-corrected chi connectivity index (χ2v) is 36.0. The summed E-state index contributed by atoms with van der Waals surface area (Å²) in [7, 11) is 0. The number of aliphatic hydroxyl groups excluding tert-OH is 3. The number of hydrogen-bond acceptors (Lipinski definition) is 23. The highest BCUT2D eigenvalue weighted by Gasteiger charge is 2.78. The first kappa shape index (κ1) is 102. The van der Waals surface area contributed by atoms with Gasteiger partial charge < -0.3 is 81.3 Å².